The van der Waals surface area contributed by atoms with Crippen molar-refractivity contribution in [3.8, 4) is 11.5 Å². The summed E-state index contributed by atoms with van der Waals surface area (Å²) in [5.41, 5.74) is 0.763. The summed E-state index contributed by atoms with van der Waals surface area (Å²) in [4.78, 5) is 8.11. The van der Waals surface area contributed by atoms with E-state index >= 15 is 0 Å². The topological polar surface area (TPSA) is 55.2 Å². The molecule has 0 unspecified atom stereocenters. The van der Waals surface area contributed by atoms with Crippen LogP contribution < -0.4 is 4.74 Å². The highest BCUT2D eigenvalue weighted by atomic mass is 127. The number of aromatic nitrogens is 2. The van der Waals surface area contributed by atoms with Crippen LogP contribution in [0.4, 0.5) is 0 Å². The summed E-state index contributed by atoms with van der Waals surface area (Å²) in [5.74, 6) is 0.528. The zero-order chi connectivity index (χ0) is 10.1. The van der Waals surface area contributed by atoms with Gasteiger partial charge in [0.25, 0.3) is 0 Å². The average Bonchev–Trinajstić information content (AvgIpc) is 2.19. The van der Waals surface area contributed by atoms with Crippen LogP contribution in [0, 0.1) is 3.70 Å². The number of methoxy groups -OCH3 is 1. The Balaban J connectivity index is 2.79. The molecule has 2 rings (SSSR count). The van der Waals surface area contributed by atoms with Crippen LogP contribution in [0.5, 0.6) is 11.5 Å². The first-order valence-electron chi connectivity index (χ1n) is 3.89. The maximum atomic E-state index is 9.55. The van der Waals surface area contributed by atoms with E-state index in [1.54, 1.807) is 12.1 Å². The van der Waals surface area contributed by atoms with E-state index in [1.165, 1.54) is 13.4 Å². The van der Waals surface area contributed by atoms with Gasteiger partial charge in [0, 0.05) is 11.5 Å². The van der Waals surface area contributed by atoms with Gasteiger partial charge in [-0.25, -0.2) is 9.97 Å². The summed E-state index contributed by atoms with van der Waals surface area (Å²) < 4.78 is 5.79. The molecular weight excluding hydrogens is 295 g/mol. The number of nitrogens with zero attached hydrogens (tertiary/aromatic N) is 2. The van der Waals surface area contributed by atoms with Gasteiger partial charge >= 0.3 is 0 Å². The smallest absolute Gasteiger partial charge is 0.162 e. The minimum absolute atomic E-state index is 0.104. The Morgan fingerprint density at radius 2 is 2.14 bits per heavy atom. The fraction of sp³-hybridized carbons (Fsp3) is 0.111. The molecule has 0 aliphatic carbocycles. The second-order valence-corrected chi connectivity index (χ2v) is 3.73. The molecule has 0 fully saturated rings. The molecule has 72 valence electrons. The van der Waals surface area contributed by atoms with E-state index in [0.717, 1.165) is 14.6 Å². The number of phenols is 1. The first kappa shape index (κ1) is 9.45. The summed E-state index contributed by atoms with van der Waals surface area (Å²) >= 11 is 2.10. The van der Waals surface area contributed by atoms with Crippen molar-refractivity contribution in [1.82, 2.24) is 9.97 Å². The molecule has 1 aromatic carbocycles. The minimum Gasteiger partial charge on any atom is -0.504 e. The highest BCUT2D eigenvalue weighted by Crippen LogP contribution is 2.31. The number of phenolic OH excluding ortho intramolecular Hbond substituents is 1. The van der Waals surface area contributed by atoms with Crippen molar-refractivity contribution in [2.45, 2.75) is 0 Å². The third-order valence-corrected chi connectivity index (χ3v) is 2.75. The maximum absolute atomic E-state index is 9.55. The summed E-state index contributed by atoms with van der Waals surface area (Å²) in [6.45, 7) is 0. The molecular formula is C9H7IN2O2. The Kier molecular flexibility index (Phi) is 2.40. The van der Waals surface area contributed by atoms with Crippen molar-refractivity contribution in [2.24, 2.45) is 0 Å². The van der Waals surface area contributed by atoms with Gasteiger partial charge in [0.05, 0.1) is 12.6 Å². The van der Waals surface area contributed by atoms with Gasteiger partial charge in [-0.2, -0.15) is 0 Å². The first-order chi connectivity index (χ1) is 6.72. The Bertz CT molecular complexity index is 487. The molecule has 4 nitrogen and oxygen atoms in total. The second kappa shape index (κ2) is 3.56. The molecule has 0 atom stereocenters. The molecule has 0 aliphatic heterocycles. The van der Waals surface area contributed by atoms with Crippen molar-refractivity contribution in [3.63, 3.8) is 0 Å². The number of halogens is 1. The summed E-state index contributed by atoms with van der Waals surface area (Å²) in [5, 5.41) is 10.4. The minimum atomic E-state index is 0.104. The summed E-state index contributed by atoms with van der Waals surface area (Å²) in [6.07, 6.45) is 1.49. The molecule has 0 saturated carbocycles. The van der Waals surface area contributed by atoms with E-state index in [-0.39, 0.29) is 5.75 Å². The van der Waals surface area contributed by atoms with Crippen LogP contribution in [0.25, 0.3) is 10.9 Å². The highest BCUT2D eigenvalue weighted by Gasteiger charge is 2.07. The van der Waals surface area contributed by atoms with E-state index in [1.807, 2.05) is 0 Å². The molecule has 2 aromatic rings. The largest absolute Gasteiger partial charge is 0.504 e. The Hall–Kier alpha value is -1.11. The lowest BCUT2D eigenvalue weighted by atomic mass is 10.2. The zero-order valence-corrected chi connectivity index (χ0v) is 9.52. The first-order valence-corrected chi connectivity index (χ1v) is 4.97. The molecule has 0 saturated heterocycles. The van der Waals surface area contributed by atoms with Gasteiger partial charge < -0.3 is 9.84 Å². The number of ether oxygens (including phenoxy) is 1. The van der Waals surface area contributed by atoms with Gasteiger partial charge in [-0.1, -0.05) is 0 Å². The van der Waals surface area contributed by atoms with E-state index in [4.69, 9.17) is 4.74 Å². The van der Waals surface area contributed by atoms with Crippen LogP contribution in [-0.4, -0.2) is 22.2 Å². The van der Waals surface area contributed by atoms with E-state index in [0.29, 0.717) is 5.75 Å². The zero-order valence-electron chi connectivity index (χ0n) is 7.36. The highest BCUT2D eigenvalue weighted by molar-refractivity contribution is 14.1. The van der Waals surface area contributed by atoms with Crippen molar-refractivity contribution in [1.29, 1.82) is 0 Å². The lowest BCUT2D eigenvalue weighted by molar-refractivity contribution is 0.374. The standard InChI is InChI=1S/C9H7IN2O2/c1-14-8-3-6-5(2-7(8)13)9(10)12-4-11-6/h2-4,13H,1H3. The molecule has 0 amide bonds. The van der Waals surface area contributed by atoms with Crippen molar-refractivity contribution in [2.75, 3.05) is 7.11 Å². The molecule has 0 bridgehead atoms. The predicted molar refractivity (Wildman–Crippen MR) is 60.5 cm³/mol. The van der Waals surface area contributed by atoms with Gasteiger partial charge in [-0.15, -0.1) is 0 Å². The third kappa shape index (κ3) is 1.47. The van der Waals surface area contributed by atoms with E-state index < -0.39 is 0 Å². The van der Waals surface area contributed by atoms with Crippen LogP contribution >= 0.6 is 22.6 Å². The van der Waals surface area contributed by atoms with Crippen molar-refractivity contribution in [3.05, 3.63) is 22.2 Å². The quantitative estimate of drug-likeness (QED) is 0.646. The fourth-order valence-corrected chi connectivity index (χ4v) is 1.76. The number of rotatable bonds is 1. The molecule has 5 heteroatoms. The van der Waals surface area contributed by atoms with Gasteiger partial charge in [0.1, 0.15) is 10.0 Å². The van der Waals surface area contributed by atoms with Crippen LogP contribution in [0.3, 0.4) is 0 Å². The SMILES string of the molecule is COc1cc2ncnc(I)c2cc1O. The molecule has 1 aromatic heterocycles. The molecule has 1 heterocycles. The van der Waals surface area contributed by atoms with Gasteiger partial charge in [0.15, 0.2) is 11.5 Å². The van der Waals surface area contributed by atoms with E-state index in [2.05, 4.69) is 32.6 Å². The lowest BCUT2D eigenvalue weighted by Crippen LogP contribution is -1.89. The van der Waals surface area contributed by atoms with Gasteiger partial charge in [0.2, 0.25) is 0 Å². The number of hydrogen-bond donors (Lipinski definition) is 1. The van der Waals surface area contributed by atoms with Crippen LogP contribution in [-0.2, 0) is 0 Å². The normalized spacial score (nSPS) is 10.4. The number of aromatic hydroxyl groups is 1. The van der Waals surface area contributed by atoms with Crippen LogP contribution in [0.2, 0.25) is 0 Å². The summed E-state index contributed by atoms with van der Waals surface area (Å²) in [6, 6.07) is 3.30. The number of fused-ring (bicyclic) bond motifs is 1. The number of hydrogen-bond acceptors (Lipinski definition) is 4. The van der Waals surface area contributed by atoms with Gasteiger partial charge in [-0.05, 0) is 28.7 Å². The second-order valence-electron chi connectivity index (χ2n) is 2.71. The third-order valence-electron chi connectivity index (χ3n) is 1.89. The molecule has 0 spiro atoms. The maximum Gasteiger partial charge on any atom is 0.162 e. The Labute approximate surface area is 94.1 Å². The van der Waals surface area contributed by atoms with Gasteiger partial charge in [-0.3, -0.25) is 0 Å². The predicted octanol–water partition coefficient (Wildman–Crippen LogP) is 1.95. The molecule has 0 aliphatic rings. The van der Waals surface area contributed by atoms with Crippen molar-refractivity contribution >= 4 is 33.5 Å². The summed E-state index contributed by atoms with van der Waals surface area (Å²) in [7, 11) is 1.51. The number of benzene rings is 1. The Morgan fingerprint density at radius 3 is 2.86 bits per heavy atom. The molecule has 1 N–H and O–H groups in total. The monoisotopic (exact) mass is 302 g/mol. The lowest BCUT2D eigenvalue weighted by Gasteiger charge is -2.05. The fourth-order valence-electron chi connectivity index (χ4n) is 1.20. The van der Waals surface area contributed by atoms with E-state index in [9.17, 15) is 5.11 Å². The molecule has 14 heavy (non-hydrogen) atoms. The van der Waals surface area contributed by atoms with Crippen LogP contribution in [0.1, 0.15) is 0 Å². The van der Waals surface area contributed by atoms with Crippen LogP contribution in [0.15, 0.2) is 18.5 Å². The average molecular weight is 302 g/mol. The van der Waals surface area contributed by atoms with Crippen molar-refractivity contribution < 1.29 is 9.84 Å². The Morgan fingerprint density at radius 1 is 1.36 bits per heavy atom. The molecule has 0 radical (unpaired) electrons.